The van der Waals surface area contributed by atoms with Gasteiger partial charge in [0.05, 0.1) is 11.1 Å². The lowest BCUT2D eigenvalue weighted by atomic mass is 9.41. The Morgan fingerprint density at radius 3 is 1.75 bits per heavy atom. The molecule has 3 aromatic carbocycles. The second-order valence-electron chi connectivity index (χ2n) is 8.14. The summed E-state index contributed by atoms with van der Waals surface area (Å²) >= 11 is 0. The number of aromatic amines is 1. The molecule has 1 aromatic heterocycles. The van der Waals surface area contributed by atoms with E-state index < -0.39 is 30.2 Å². The zero-order valence-corrected chi connectivity index (χ0v) is 19.4. The van der Waals surface area contributed by atoms with Gasteiger partial charge in [-0.05, 0) is 12.5 Å². The predicted octanol–water partition coefficient (Wildman–Crippen LogP) is 6.37. The van der Waals surface area contributed by atoms with Crippen LogP contribution in [0.5, 0.6) is 0 Å². The molecular formula is C27H23BF6N2. The molecular weight excluding hydrogens is 477 g/mol. The Labute approximate surface area is 205 Å². The molecule has 0 fully saturated rings. The van der Waals surface area contributed by atoms with Gasteiger partial charge in [0.15, 0.2) is 0 Å². The topological polar surface area (TPSA) is 28.7 Å². The van der Waals surface area contributed by atoms with Gasteiger partial charge in [0.2, 0.25) is 6.71 Å². The van der Waals surface area contributed by atoms with Gasteiger partial charge in [-0.25, -0.2) is 4.98 Å². The van der Waals surface area contributed by atoms with Crippen molar-refractivity contribution in [3.05, 3.63) is 126 Å². The second kappa shape index (κ2) is 11.3. The summed E-state index contributed by atoms with van der Waals surface area (Å²) in [5, 5.41) is 0. The minimum atomic E-state index is -4.52. The number of nitrogens with zero attached hydrogens (tertiary/aromatic N) is 1. The first-order valence-electron chi connectivity index (χ1n) is 11.0. The summed E-state index contributed by atoms with van der Waals surface area (Å²) in [7, 11) is 0. The van der Waals surface area contributed by atoms with Gasteiger partial charge in [-0.3, -0.25) is 0 Å². The third kappa shape index (κ3) is 7.37. The summed E-state index contributed by atoms with van der Waals surface area (Å²) in [6.45, 7) is 4.79. The van der Waals surface area contributed by atoms with E-state index in [1.807, 2.05) is 31.3 Å². The van der Waals surface area contributed by atoms with Crippen LogP contribution >= 0.6 is 0 Å². The van der Waals surface area contributed by atoms with Crippen LogP contribution in [0.25, 0.3) is 0 Å². The van der Waals surface area contributed by atoms with Crippen LogP contribution in [0.15, 0.2) is 97.6 Å². The number of hydrogen-bond acceptors (Lipinski definition) is 1. The summed E-state index contributed by atoms with van der Waals surface area (Å²) in [5.74, 6) is 2.36. The van der Waals surface area contributed by atoms with Gasteiger partial charge in [-0.2, -0.15) is 26.3 Å². The fourth-order valence-corrected chi connectivity index (χ4v) is 3.63. The molecule has 186 valence electrons. The van der Waals surface area contributed by atoms with Crippen LogP contribution in [0.3, 0.4) is 0 Å². The van der Waals surface area contributed by atoms with Crippen LogP contribution in [-0.4, -0.2) is 16.7 Å². The fourth-order valence-electron chi connectivity index (χ4n) is 3.63. The van der Waals surface area contributed by atoms with Gasteiger partial charge < -0.3 is 4.98 Å². The highest BCUT2D eigenvalue weighted by atomic mass is 19.4. The Morgan fingerprint density at radius 2 is 1.33 bits per heavy atom. The maximum atomic E-state index is 12.8. The largest absolute Gasteiger partial charge is 0.416 e. The SMILES string of the molecule is C=CB(c1cccc(C(F)(F)F)c1)c1cccc(C(F)(F)F)c1.Cc1cnc(Cc2ccccc2)[nH]1. The Hall–Kier alpha value is -3.75. The van der Waals surface area contributed by atoms with Crippen molar-refractivity contribution >= 4 is 17.6 Å². The second-order valence-corrected chi connectivity index (χ2v) is 8.14. The van der Waals surface area contributed by atoms with E-state index in [4.69, 9.17) is 0 Å². The molecule has 0 aliphatic heterocycles. The maximum absolute atomic E-state index is 12.8. The highest BCUT2D eigenvalue weighted by Crippen LogP contribution is 2.29. The number of benzene rings is 3. The quantitative estimate of drug-likeness (QED) is 0.251. The molecule has 0 radical (unpaired) electrons. The van der Waals surface area contributed by atoms with Crippen molar-refractivity contribution in [2.45, 2.75) is 25.7 Å². The molecule has 0 spiro atoms. The summed E-state index contributed by atoms with van der Waals surface area (Å²) in [6.07, 6.45) is -6.29. The fraction of sp³-hybridized carbons (Fsp3) is 0.148. The molecule has 0 saturated heterocycles. The number of rotatable bonds is 5. The first-order chi connectivity index (χ1) is 17.0. The summed E-state index contributed by atoms with van der Waals surface area (Å²) in [4.78, 5) is 7.47. The van der Waals surface area contributed by atoms with E-state index in [2.05, 4.69) is 28.7 Å². The number of H-pyrrole nitrogens is 1. The Bertz CT molecular complexity index is 1220. The van der Waals surface area contributed by atoms with E-state index in [-0.39, 0.29) is 10.9 Å². The Morgan fingerprint density at radius 1 is 0.806 bits per heavy atom. The summed E-state index contributed by atoms with van der Waals surface area (Å²) in [5.41, 5.74) is 1.16. The number of aryl methyl sites for hydroxylation is 1. The van der Waals surface area contributed by atoms with Crippen molar-refractivity contribution in [1.29, 1.82) is 0 Å². The minimum absolute atomic E-state index is 0.231. The lowest BCUT2D eigenvalue weighted by molar-refractivity contribution is -0.138. The molecule has 1 N–H and O–H groups in total. The highest BCUT2D eigenvalue weighted by Gasteiger charge is 2.33. The van der Waals surface area contributed by atoms with E-state index in [0.29, 0.717) is 0 Å². The van der Waals surface area contributed by atoms with Gasteiger partial charge in [-0.15, -0.1) is 12.6 Å². The van der Waals surface area contributed by atoms with Crippen LogP contribution in [0, 0.1) is 6.92 Å². The number of imidazole rings is 1. The van der Waals surface area contributed by atoms with Crippen molar-refractivity contribution in [3.8, 4) is 0 Å². The zero-order chi connectivity index (χ0) is 26.3. The molecule has 9 heteroatoms. The van der Waals surface area contributed by atoms with Crippen LogP contribution in [0.4, 0.5) is 26.3 Å². The van der Waals surface area contributed by atoms with Gasteiger partial charge in [-0.1, -0.05) is 89.8 Å². The van der Waals surface area contributed by atoms with Crippen LogP contribution in [0.1, 0.15) is 28.2 Å². The molecule has 0 aliphatic rings. The van der Waals surface area contributed by atoms with Gasteiger partial charge in [0.25, 0.3) is 0 Å². The first kappa shape index (κ1) is 26.9. The van der Waals surface area contributed by atoms with Crippen molar-refractivity contribution in [1.82, 2.24) is 9.97 Å². The van der Waals surface area contributed by atoms with E-state index in [1.165, 1.54) is 35.8 Å². The average molecular weight is 500 g/mol. The van der Waals surface area contributed by atoms with Crippen LogP contribution < -0.4 is 10.9 Å². The molecule has 0 bridgehead atoms. The van der Waals surface area contributed by atoms with E-state index in [9.17, 15) is 26.3 Å². The van der Waals surface area contributed by atoms with E-state index in [0.717, 1.165) is 42.2 Å². The molecule has 0 amide bonds. The van der Waals surface area contributed by atoms with Crippen LogP contribution in [0.2, 0.25) is 0 Å². The number of aromatic nitrogens is 2. The number of hydrogen-bond donors (Lipinski definition) is 1. The van der Waals surface area contributed by atoms with Gasteiger partial charge >= 0.3 is 12.4 Å². The standard InChI is InChI=1S/C16H11BF6.C11H12N2/c1-2-17(13-7-3-5-11(9-13)15(18,19)20)14-8-4-6-12(10-14)16(21,22)23;1-9-8-12-11(13-9)7-10-5-3-2-4-6-10/h2-10H,1H2;2-6,8H,7H2,1H3,(H,12,13). The van der Waals surface area contributed by atoms with Crippen LogP contribution in [-0.2, 0) is 18.8 Å². The third-order valence-corrected chi connectivity index (χ3v) is 5.35. The summed E-state index contributed by atoms with van der Waals surface area (Å²) < 4.78 is 76.7. The minimum Gasteiger partial charge on any atom is -0.346 e. The smallest absolute Gasteiger partial charge is 0.346 e. The van der Waals surface area contributed by atoms with Crippen molar-refractivity contribution in [2.75, 3.05) is 0 Å². The van der Waals surface area contributed by atoms with Crippen molar-refractivity contribution in [3.63, 3.8) is 0 Å². The lowest BCUT2D eigenvalue weighted by Gasteiger charge is -2.15. The Balaban J connectivity index is 0.000000233. The molecule has 4 aromatic rings. The number of nitrogens with one attached hydrogen (secondary N) is 1. The first-order valence-corrected chi connectivity index (χ1v) is 11.0. The Kier molecular flexibility index (Phi) is 8.45. The van der Waals surface area contributed by atoms with Gasteiger partial charge in [0, 0.05) is 18.3 Å². The van der Waals surface area contributed by atoms with Crippen molar-refractivity contribution in [2.24, 2.45) is 0 Å². The van der Waals surface area contributed by atoms with Gasteiger partial charge in [0.1, 0.15) is 5.82 Å². The molecule has 2 nitrogen and oxygen atoms in total. The molecule has 0 aliphatic carbocycles. The molecule has 0 saturated carbocycles. The number of halogens is 6. The highest BCUT2D eigenvalue weighted by molar-refractivity contribution is 6.89. The molecule has 4 rings (SSSR count). The maximum Gasteiger partial charge on any atom is 0.416 e. The van der Waals surface area contributed by atoms with Crippen molar-refractivity contribution < 1.29 is 26.3 Å². The zero-order valence-electron chi connectivity index (χ0n) is 19.4. The van der Waals surface area contributed by atoms with E-state index >= 15 is 0 Å². The molecule has 0 atom stereocenters. The molecule has 36 heavy (non-hydrogen) atoms. The number of alkyl halides is 6. The molecule has 1 heterocycles. The van der Waals surface area contributed by atoms with E-state index in [1.54, 1.807) is 0 Å². The third-order valence-electron chi connectivity index (χ3n) is 5.35. The predicted molar refractivity (Wildman–Crippen MR) is 131 cm³/mol. The average Bonchev–Trinajstić information content (AvgIpc) is 3.24. The normalized spacial score (nSPS) is 11.4. The monoisotopic (exact) mass is 500 g/mol. The summed E-state index contributed by atoms with van der Waals surface area (Å²) in [6, 6.07) is 19.3. The lowest BCUT2D eigenvalue weighted by Crippen LogP contribution is -2.41. The molecule has 0 unspecified atom stereocenters.